The van der Waals surface area contributed by atoms with E-state index in [0.717, 1.165) is 5.39 Å². The summed E-state index contributed by atoms with van der Waals surface area (Å²) in [5, 5.41) is 11.2. The molecule has 0 fully saturated rings. The second kappa shape index (κ2) is 7.73. The molecule has 0 atom stereocenters. The van der Waals surface area contributed by atoms with Crippen LogP contribution in [0.25, 0.3) is 10.8 Å². The van der Waals surface area contributed by atoms with Crippen molar-refractivity contribution in [2.45, 2.75) is 33.0 Å². The van der Waals surface area contributed by atoms with Gasteiger partial charge in [-0.1, -0.05) is 18.2 Å². The smallest absolute Gasteiger partial charge is 0.315 e. The molecule has 0 spiro atoms. The number of ether oxygens (including phenoxy) is 1. The summed E-state index contributed by atoms with van der Waals surface area (Å²) in [7, 11) is 1.57. The average Bonchev–Trinajstić information content (AvgIpc) is 2.52. The molecule has 0 unspecified atom stereocenters. The number of methoxy groups -OCH3 is 1. The Morgan fingerprint density at radius 3 is 2.65 bits per heavy atom. The fourth-order valence-corrected chi connectivity index (χ4v) is 2.24. The summed E-state index contributed by atoms with van der Waals surface area (Å²) in [6.45, 7) is 4.78. The second-order valence-electron chi connectivity index (χ2n) is 5.50. The molecule has 7 nitrogen and oxygen atoms in total. The number of nitrogens with zero attached hydrogens (tertiary/aromatic N) is 2. The molecule has 7 heteroatoms. The molecule has 23 heavy (non-hydrogen) atoms. The van der Waals surface area contributed by atoms with Gasteiger partial charge in [0, 0.05) is 18.5 Å². The summed E-state index contributed by atoms with van der Waals surface area (Å²) in [5.74, 6) is 0. The SMILES string of the molecule is COCCn1nc(CNC(=O)NC(C)C)c2ccccc2c1=O. The van der Waals surface area contributed by atoms with Crippen molar-refractivity contribution >= 4 is 16.8 Å². The molecule has 2 N–H and O–H groups in total. The first-order chi connectivity index (χ1) is 11.0. The second-order valence-corrected chi connectivity index (χ2v) is 5.50. The normalized spacial score (nSPS) is 11.0. The Morgan fingerprint density at radius 2 is 2.00 bits per heavy atom. The lowest BCUT2D eigenvalue weighted by Crippen LogP contribution is -2.39. The molecule has 0 bridgehead atoms. The van der Waals surface area contributed by atoms with E-state index in [1.54, 1.807) is 13.2 Å². The molecule has 0 saturated carbocycles. The summed E-state index contributed by atoms with van der Waals surface area (Å²) < 4.78 is 6.39. The molecule has 0 aliphatic heterocycles. The van der Waals surface area contributed by atoms with Crippen LogP contribution in [0.15, 0.2) is 29.1 Å². The molecule has 0 aliphatic rings. The van der Waals surface area contributed by atoms with Crippen LogP contribution >= 0.6 is 0 Å². The van der Waals surface area contributed by atoms with Gasteiger partial charge in [0.25, 0.3) is 5.56 Å². The summed E-state index contributed by atoms with van der Waals surface area (Å²) >= 11 is 0. The first kappa shape index (κ1) is 17.0. The Kier molecular flexibility index (Phi) is 5.70. The average molecular weight is 318 g/mol. The molecule has 1 aromatic carbocycles. The number of nitrogens with one attached hydrogen (secondary N) is 2. The number of fused-ring (bicyclic) bond motifs is 1. The number of amides is 2. The highest BCUT2D eigenvalue weighted by Gasteiger charge is 2.11. The Bertz CT molecular complexity index is 740. The zero-order chi connectivity index (χ0) is 16.8. The predicted molar refractivity (Wildman–Crippen MR) is 88.4 cm³/mol. The monoisotopic (exact) mass is 318 g/mol. The standard InChI is InChI=1S/C16H22N4O3/c1-11(2)18-16(22)17-10-14-12-6-4-5-7-13(12)15(21)20(19-14)8-9-23-3/h4-7,11H,8-10H2,1-3H3,(H2,17,18,22). The first-order valence-corrected chi connectivity index (χ1v) is 7.55. The third-order valence-electron chi connectivity index (χ3n) is 3.29. The van der Waals surface area contributed by atoms with Crippen LogP contribution in [0.2, 0.25) is 0 Å². The van der Waals surface area contributed by atoms with Gasteiger partial charge in [0.15, 0.2) is 0 Å². The maximum absolute atomic E-state index is 12.4. The van der Waals surface area contributed by atoms with E-state index in [-0.39, 0.29) is 24.2 Å². The minimum Gasteiger partial charge on any atom is -0.383 e. The van der Waals surface area contributed by atoms with Crippen molar-refractivity contribution in [3.8, 4) is 0 Å². The molecule has 0 saturated heterocycles. The van der Waals surface area contributed by atoms with E-state index < -0.39 is 0 Å². The minimum absolute atomic E-state index is 0.0513. The van der Waals surface area contributed by atoms with Gasteiger partial charge in [-0.3, -0.25) is 4.79 Å². The van der Waals surface area contributed by atoms with E-state index >= 15 is 0 Å². The number of hydrogen-bond donors (Lipinski definition) is 2. The van der Waals surface area contributed by atoms with Crippen molar-refractivity contribution in [1.29, 1.82) is 0 Å². The lowest BCUT2D eigenvalue weighted by Gasteiger charge is -2.13. The van der Waals surface area contributed by atoms with Crippen molar-refractivity contribution < 1.29 is 9.53 Å². The Hall–Kier alpha value is -2.41. The Labute approximate surface area is 134 Å². The number of carbonyl (C=O) groups is 1. The molecule has 1 aromatic heterocycles. The molecular weight excluding hydrogens is 296 g/mol. The number of rotatable bonds is 6. The summed E-state index contributed by atoms with van der Waals surface area (Å²) in [6, 6.07) is 7.05. The van der Waals surface area contributed by atoms with Crippen LogP contribution in [0.3, 0.4) is 0 Å². The van der Waals surface area contributed by atoms with E-state index in [9.17, 15) is 9.59 Å². The van der Waals surface area contributed by atoms with E-state index in [1.165, 1.54) is 4.68 Å². The molecule has 2 aromatic rings. The number of carbonyl (C=O) groups excluding carboxylic acids is 1. The van der Waals surface area contributed by atoms with Gasteiger partial charge in [-0.25, -0.2) is 9.48 Å². The van der Waals surface area contributed by atoms with Crippen LogP contribution in [0.5, 0.6) is 0 Å². The fourth-order valence-electron chi connectivity index (χ4n) is 2.24. The van der Waals surface area contributed by atoms with Crippen LogP contribution in [0.4, 0.5) is 4.79 Å². The van der Waals surface area contributed by atoms with E-state index in [4.69, 9.17) is 4.74 Å². The zero-order valence-electron chi connectivity index (χ0n) is 13.6. The third kappa shape index (κ3) is 4.29. The summed E-state index contributed by atoms with van der Waals surface area (Å²) in [6.07, 6.45) is 0. The first-order valence-electron chi connectivity index (χ1n) is 7.55. The molecule has 0 aliphatic carbocycles. The van der Waals surface area contributed by atoms with Crippen molar-refractivity contribution in [2.24, 2.45) is 0 Å². The van der Waals surface area contributed by atoms with Crippen LogP contribution in [-0.2, 0) is 17.8 Å². The van der Waals surface area contributed by atoms with Crippen LogP contribution in [0, 0.1) is 0 Å². The third-order valence-corrected chi connectivity index (χ3v) is 3.29. The van der Waals surface area contributed by atoms with Gasteiger partial charge >= 0.3 is 6.03 Å². The molecule has 0 radical (unpaired) electrons. The van der Waals surface area contributed by atoms with Crippen LogP contribution in [-0.4, -0.2) is 35.6 Å². The highest BCUT2D eigenvalue weighted by molar-refractivity contribution is 5.84. The zero-order valence-corrected chi connectivity index (χ0v) is 13.6. The molecule has 2 rings (SSSR count). The Balaban J connectivity index is 2.32. The van der Waals surface area contributed by atoms with Crippen molar-refractivity contribution in [3.63, 3.8) is 0 Å². The highest BCUT2D eigenvalue weighted by Crippen LogP contribution is 2.13. The van der Waals surface area contributed by atoms with Gasteiger partial charge in [-0.15, -0.1) is 0 Å². The van der Waals surface area contributed by atoms with Gasteiger partial charge in [0.1, 0.15) is 0 Å². The van der Waals surface area contributed by atoms with Crippen molar-refractivity contribution in [2.75, 3.05) is 13.7 Å². The molecule has 124 valence electrons. The van der Waals surface area contributed by atoms with Crippen LogP contribution < -0.4 is 16.2 Å². The maximum atomic E-state index is 12.4. The highest BCUT2D eigenvalue weighted by atomic mass is 16.5. The predicted octanol–water partition coefficient (Wildman–Crippen LogP) is 1.25. The van der Waals surface area contributed by atoms with E-state index in [0.29, 0.717) is 24.2 Å². The topological polar surface area (TPSA) is 85.2 Å². The van der Waals surface area contributed by atoms with Gasteiger partial charge in [-0.2, -0.15) is 5.10 Å². The van der Waals surface area contributed by atoms with Crippen LogP contribution in [0.1, 0.15) is 19.5 Å². The molecular formula is C16H22N4O3. The van der Waals surface area contributed by atoms with Gasteiger partial charge < -0.3 is 15.4 Å². The largest absolute Gasteiger partial charge is 0.383 e. The van der Waals surface area contributed by atoms with Gasteiger partial charge in [0.2, 0.25) is 0 Å². The summed E-state index contributed by atoms with van der Waals surface area (Å²) in [4.78, 5) is 24.2. The minimum atomic E-state index is -0.263. The number of hydrogen-bond acceptors (Lipinski definition) is 4. The van der Waals surface area contributed by atoms with Gasteiger partial charge in [0.05, 0.1) is 30.8 Å². The maximum Gasteiger partial charge on any atom is 0.315 e. The lowest BCUT2D eigenvalue weighted by atomic mass is 10.1. The molecule has 2 amide bonds. The fraction of sp³-hybridized carbons (Fsp3) is 0.438. The van der Waals surface area contributed by atoms with Crippen molar-refractivity contribution in [1.82, 2.24) is 20.4 Å². The van der Waals surface area contributed by atoms with Crippen molar-refractivity contribution in [3.05, 3.63) is 40.3 Å². The summed E-state index contributed by atoms with van der Waals surface area (Å²) in [5.41, 5.74) is 0.489. The van der Waals surface area contributed by atoms with E-state index in [2.05, 4.69) is 15.7 Å². The number of urea groups is 1. The number of aromatic nitrogens is 2. The quantitative estimate of drug-likeness (QED) is 0.839. The van der Waals surface area contributed by atoms with Gasteiger partial charge in [-0.05, 0) is 19.9 Å². The lowest BCUT2D eigenvalue weighted by molar-refractivity contribution is 0.181. The Morgan fingerprint density at radius 1 is 1.30 bits per heavy atom. The van der Waals surface area contributed by atoms with E-state index in [1.807, 2.05) is 32.0 Å². The number of benzene rings is 1. The molecule has 1 heterocycles.